The average molecular weight is 333 g/mol. The molecule has 0 spiro atoms. The van der Waals surface area contributed by atoms with Crippen molar-refractivity contribution in [1.82, 2.24) is 9.97 Å². The Kier molecular flexibility index (Phi) is 3.77. The van der Waals surface area contributed by atoms with Crippen molar-refractivity contribution in [2.45, 2.75) is 18.1 Å². The van der Waals surface area contributed by atoms with Gasteiger partial charge in [0.2, 0.25) is 20.9 Å². The number of ether oxygens (including phenoxy) is 1. The van der Waals surface area contributed by atoms with Gasteiger partial charge in [-0.15, -0.1) is 0 Å². The molecule has 23 heavy (non-hydrogen) atoms. The molecule has 0 bridgehead atoms. The lowest BCUT2D eigenvalue weighted by Gasteiger charge is -2.28. The molecule has 120 valence electrons. The Morgan fingerprint density at radius 2 is 1.91 bits per heavy atom. The summed E-state index contributed by atoms with van der Waals surface area (Å²) in [6, 6.07) is 7.16. The normalized spacial score (nSPS) is 14.5. The Morgan fingerprint density at radius 3 is 2.52 bits per heavy atom. The number of rotatable bonds is 3. The SMILES string of the molecule is COc1ccc(N2Cc3cnc(S(C)(=O)=O)nc3CC2=O)cc1. The topological polar surface area (TPSA) is 89.5 Å². The summed E-state index contributed by atoms with van der Waals surface area (Å²) in [5.41, 5.74) is 1.96. The second-order valence-electron chi connectivity index (χ2n) is 5.25. The number of aromatic nitrogens is 2. The number of methoxy groups -OCH3 is 1. The van der Waals surface area contributed by atoms with Gasteiger partial charge in [0.15, 0.2) is 0 Å². The minimum absolute atomic E-state index is 0.0480. The Hall–Kier alpha value is -2.48. The third kappa shape index (κ3) is 3.02. The quantitative estimate of drug-likeness (QED) is 0.778. The van der Waals surface area contributed by atoms with Crippen molar-refractivity contribution >= 4 is 21.4 Å². The first kappa shape index (κ1) is 15.4. The second-order valence-corrected chi connectivity index (χ2v) is 7.16. The van der Waals surface area contributed by atoms with Crippen molar-refractivity contribution in [3.8, 4) is 5.75 Å². The van der Waals surface area contributed by atoms with E-state index in [2.05, 4.69) is 9.97 Å². The summed E-state index contributed by atoms with van der Waals surface area (Å²) in [5.74, 6) is 0.570. The zero-order chi connectivity index (χ0) is 16.6. The van der Waals surface area contributed by atoms with Crippen LogP contribution >= 0.6 is 0 Å². The molecule has 1 aromatic carbocycles. The van der Waals surface area contributed by atoms with Crippen molar-refractivity contribution in [2.24, 2.45) is 0 Å². The van der Waals surface area contributed by atoms with E-state index in [4.69, 9.17) is 4.74 Å². The number of fused-ring (bicyclic) bond motifs is 1. The van der Waals surface area contributed by atoms with E-state index < -0.39 is 9.84 Å². The van der Waals surface area contributed by atoms with Gasteiger partial charge < -0.3 is 9.64 Å². The van der Waals surface area contributed by atoms with Gasteiger partial charge in [-0.25, -0.2) is 18.4 Å². The predicted molar refractivity (Wildman–Crippen MR) is 83.0 cm³/mol. The highest BCUT2D eigenvalue weighted by atomic mass is 32.2. The van der Waals surface area contributed by atoms with Crippen LogP contribution in [-0.4, -0.2) is 37.7 Å². The summed E-state index contributed by atoms with van der Waals surface area (Å²) in [6.45, 7) is 0.310. The molecule has 1 aliphatic rings. The van der Waals surface area contributed by atoms with E-state index in [1.54, 1.807) is 36.3 Å². The van der Waals surface area contributed by atoms with Gasteiger partial charge in [0.1, 0.15) is 5.75 Å². The van der Waals surface area contributed by atoms with Crippen LogP contribution in [0, 0.1) is 0 Å². The minimum Gasteiger partial charge on any atom is -0.497 e. The molecule has 2 aromatic rings. The van der Waals surface area contributed by atoms with Crippen molar-refractivity contribution in [1.29, 1.82) is 0 Å². The number of sulfone groups is 1. The molecule has 3 rings (SSSR count). The van der Waals surface area contributed by atoms with Gasteiger partial charge in [-0.05, 0) is 24.3 Å². The van der Waals surface area contributed by atoms with Crippen LogP contribution in [0.15, 0.2) is 35.6 Å². The molecular weight excluding hydrogens is 318 g/mol. The van der Waals surface area contributed by atoms with Gasteiger partial charge in [0, 0.05) is 23.7 Å². The maximum absolute atomic E-state index is 12.4. The van der Waals surface area contributed by atoms with Crippen LogP contribution in [0.2, 0.25) is 0 Å². The number of anilines is 1. The van der Waals surface area contributed by atoms with Crippen molar-refractivity contribution in [3.05, 3.63) is 41.7 Å². The van der Waals surface area contributed by atoms with E-state index in [9.17, 15) is 13.2 Å². The highest BCUT2D eigenvalue weighted by Crippen LogP contribution is 2.26. The molecule has 0 N–H and O–H groups in total. The van der Waals surface area contributed by atoms with Gasteiger partial charge in [-0.2, -0.15) is 0 Å². The first-order valence-corrected chi connectivity index (χ1v) is 8.77. The molecule has 1 amide bonds. The fraction of sp³-hybridized carbons (Fsp3) is 0.267. The van der Waals surface area contributed by atoms with E-state index in [1.165, 1.54) is 6.20 Å². The van der Waals surface area contributed by atoms with E-state index in [1.807, 2.05) is 0 Å². The Labute approximate surface area is 133 Å². The molecule has 7 nitrogen and oxygen atoms in total. The van der Waals surface area contributed by atoms with Gasteiger partial charge in [-0.1, -0.05) is 0 Å². The summed E-state index contributed by atoms with van der Waals surface area (Å²) >= 11 is 0. The maximum atomic E-state index is 12.4. The van der Waals surface area contributed by atoms with Crippen molar-refractivity contribution < 1.29 is 17.9 Å². The lowest BCUT2D eigenvalue weighted by Crippen LogP contribution is -2.37. The average Bonchev–Trinajstić information content (AvgIpc) is 2.53. The monoisotopic (exact) mass is 333 g/mol. The molecule has 0 fully saturated rings. The Balaban J connectivity index is 1.93. The molecule has 0 saturated carbocycles. The van der Waals surface area contributed by atoms with E-state index in [0.29, 0.717) is 18.0 Å². The van der Waals surface area contributed by atoms with Crippen LogP contribution in [0.25, 0.3) is 0 Å². The second kappa shape index (κ2) is 5.62. The van der Waals surface area contributed by atoms with Gasteiger partial charge in [0.05, 0.1) is 25.8 Å². The number of amides is 1. The molecule has 0 radical (unpaired) electrons. The Morgan fingerprint density at radius 1 is 1.22 bits per heavy atom. The summed E-state index contributed by atoms with van der Waals surface area (Å²) < 4.78 is 28.1. The van der Waals surface area contributed by atoms with Crippen LogP contribution in [0.5, 0.6) is 5.75 Å². The highest BCUT2D eigenvalue weighted by Gasteiger charge is 2.27. The summed E-state index contributed by atoms with van der Waals surface area (Å²) in [7, 11) is -1.91. The Bertz CT molecular complexity index is 863. The molecule has 1 aliphatic heterocycles. The number of carbonyl (C=O) groups excluding carboxylic acids is 1. The van der Waals surface area contributed by atoms with E-state index in [0.717, 1.165) is 17.5 Å². The zero-order valence-electron chi connectivity index (χ0n) is 12.7. The zero-order valence-corrected chi connectivity index (χ0v) is 13.5. The molecule has 0 aliphatic carbocycles. The summed E-state index contributed by atoms with van der Waals surface area (Å²) in [6.07, 6.45) is 2.57. The third-order valence-corrected chi connectivity index (χ3v) is 4.46. The van der Waals surface area contributed by atoms with Crippen LogP contribution < -0.4 is 9.64 Å². The van der Waals surface area contributed by atoms with Crippen LogP contribution in [0.4, 0.5) is 5.69 Å². The van der Waals surface area contributed by atoms with Crippen LogP contribution in [0.3, 0.4) is 0 Å². The number of benzene rings is 1. The third-order valence-electron chi connectivity index (χ3n) is 3.60. The molecule has 0 saturated heterocycles. The highest BCUT2D eigenvalue weighted by molar-refractivity contribution is 7.90. The minimum atomic E-state index is -3.49. The maximum Gasteiger partial charge on any atom is 0.247 e. The summed E-state index contributed by atoms with van der Waals surface area (Å²) in [5, 5.41) is -0.248. The lowest BCUT2D eigenvalue weighted by molar-refractivity contribution is -0.118. The summed E-state index contributed by atoms with van der Waals surface area (Å²) in [4.78, 5) is 21.9. The number of hydrogen-bond donors (Lipinski definition) is 0. The molecule has 0 unspecified atom stereocenters. The van der Waals surface area contributed by atoms with E-state index >= 15 is 0 Å². The lowest BCUT2D eigenvalue weighted by atomic mass is 10.1. The fourth-order valence-electron chi connectivity index (χ4n) is 2.38. The number of nitrogens with zero attached hydrogens (tertiary/aromatic N) is 3. The van der Waals surface area contributed by atoms with Crippen LogP contribution in [0.1, 0.15) is 11.3 Å². The molecule has 2 heterocycles. The van der Waals surface area contributed by atoms with Gasteiger partial charge >= 0.3 is 0 Å². The first-order valence-electron chi connectivity index (χ1n) is 6.88. The number of hydrogen-bond acceptors (Lipinski definition) is 6. The van der Waals surface area contributed by atoms with Crippen molar-refractivity contribution in [2.75, 3.05) is 18.3 Å². The van der Waals surface area contributed by atoms with Gasteiger partial charge in [0.25, 0.3) is 0 Å². The van der Waals surface area contributed by atoms with Crippen LogP contribution in [-0.2, 0) is 27.6 Å². The first-order chi connectivity index (χ1) is 10.9. The smallest absolute Gasteiger partial charge is 0.247 e. The number of carbonyl (C=O) groups is 1. The van der Waals surface area contributed by atoms with Gasteiger partial charge in [-0.3, -0.25) is 4.79 Å². The molecular formula is C15H15N3O4S. The van der Waals surface area contributed by atoms with E-state index in [-0.39, 0.29) is 17.5 Å². The molecule has 8 heteroatoms. The predicted octanol–water partition coefficient (Wildman–Crippen LogP) is 0.978. The standard InChI is InChI=1S/C15H15N3O4S/c1-22-12-5-3-11(4-6-12)18-9-10-8-16-15(23(2,20)21)17-13(10)7-14(18)19/h3-6,8H,7,9H2,1-2H3. The van der Waals surface area contributed by atoms with Crippen molar-refractivity contribution in [3.63, 3.8) is 0 Å². The largest absolute Gasteiger partial charge is 0.497 e. The molecule has 0 atom stereocenters. The molecule has 1 aromatic heterocycles. The fourth-order valence-corrected chi connectivity index (χ4v) is 2.90.